The Bertz CT molecular complexity index is 1040. The second-order valence-corrected chi connectivity index (χ2v) is 7.84. The van der Waals surface area contributed by atoms with Crippen LogP contribution in [0.3, 0.4) is 0 Å². The minimum Gasteiger partial charge on any atom is -0.358 e. The Morgan fingerprint density at radius 1 is 1.03 bits per heavy atom. The fraction of sp³-hybridized carbons (Fsp3) is 0.333. The molecule has 2 aromatic carbocycles. The molecule has 2 N–H and O–H groups in total. The minimum atomic E-state index is -0.131. The molecule has 1 aromatic heterocycles. The van der Waals surface area contributed by atoms with Gasteiger partial charge in [0.1, 0.15) is 0 Å². The van der Waals surface area contributed by atoms with Gasteiger partial charge in [0.15, 0.2) is 0 Å². The van der Waals surface area contributed by atoms with E-state index in [9.17, 15) is 9.59 Å². The van der Waals surface area contributed by atoms with Crippen molar-refractivity contribution in [1.29, 1.82) is 0 Å². The third kappa shape index (κ3) is 4.04. The third-order valence-electron chi connectivity index (χ3n) is 5.89. The Labute approximate surface area is 171 Å². The van der Waals surface area contributed by atoms with Crippen molar-refractivity contribution in [2.24, 2.45) is 0 Å². The number of nitrogens with one attached hydrogen (secondary N) is 2. The Morgan fingerprint density at radius 2 is 1.76 bits per heavy atom. The first-order valence-electron chi connectivity index (χ1n) is 10.3. The Balaban J connectivity index is 1.40. The van der Waals surface area contributed by atoms with E-state index in [1.165, 1.54) is 5.56 Å². The molecule has 1 aliphatic rings. The summed E-state index contributed by atoms with van der Waals surface area (Å²) in [5.74, 6) is 0.110. The number of para-hydroxylation sites is 1. The van der Waals surface area contributed by atoms with E-state index in [2.05, 4.69) is 17.2 Å². The van der Waals surface area contributed by atoms with Gasteiger partial charge in [0, 0.05) is 36.3 Å². The zero-order valence-electron chi connectivity index (χ0n) is 17.0. The number of rotatable bonds is 5. The number of amides is 2. The molecule has 1 saturated heterocycles. The highest BCUT2D eigenvalue weighted by atomic mass is 16.2. The molecule has 0 radical (unpaired) electrons. The van der Waals surface area contributed by atoms with Crippen molar-refractivity contribution in [3.05, 3.63) is 64.8 Å². The highest BCUT2D eigenvalue weighted by Gasteiger charge is 2.17. The van der Waals surface area contributed by atoms with E-state index in [1.54, 1.807) is 0 Å². The molecule has 2 amide bonds. The van der Waals surface area contributed by atoms with E-state index in [0.717, 1.165) is 60.2 Å². The summed E-state index contributed by atoms with van der Waals surface area (Å²) in [6, 6.07) is 13.6. The van der Waals surface area contributed by atoms with Crippen LogP contribution in [-0.2, 0) is 11.2 Å². The van der Waals surface area contributed by atoms with E-state index >= 15 is 0 Å². The molecule has 0 bridgehead atoms. The van der Waals surface area contributed by atoms with Crippen LogP contribution in [0.4, 0.5) is 5.69 Å². The van der Waals surface area contributed by atoms with Gasteiger partial charge in [0.25, 0.3) is 5.91 Å². The van der Waals surface area contributed by atoms with E-state index < -0.39 is 0 Å². The van der Waals surface area contributed by atoms with Crippen LogP contribution < -0.4 is 5.32 Å². The zero-order valence-corrected chi connectivity index (χ0v) is 17.0. The number of H-pyrrole nitrogens is 1. The van der Waals surface area contributed by atoms with Crippen molar-refractivity contribution in [2.45, 2.75) is 39.5 Å². The number of benzene rings is 2. The van der Waals surface area contributed by atoms with Gasteiger partial charge in [-0.1, -0.05) is 24.3 Å². The second-order valence-electron chi connectivity index (χ2n) is 7.84. The number of aryl methyl sites for hydroxylation is 3. The number of fused-ring (bicyclic) bond motifs is 1. The van der Waals surface area contributed by atoms with Gasteiger partial charge in [0.2, 0.25) is 5.91 Å². The molecule has 0 saturated carbocycles. The molecule has 1 fully saturated rings. The van der Waals surface area contributed by atoms with Gasteiger partial charge >= 0.3 is 0 Å². The van der Waals surface area contributed by atoms with E-state index in [0.29, 0.717) is 12.0 Å². The summed E-state index contributed by atoms with van der Waals surface area (Å²) in [7, 11) is 0. The lowest BCUT2D eigenvalue weighted by Crippen LogP contribution is -2.27. The van der Waals surface area contributed by atoms with Crippen molar-refractivity contribution in [1.82, 2.24) is 9.88 Å². The van der Waals surface area contributed by atoms with Gasteiger partial charge in [-0.15, -0.1) is 0 Å². The second kappa shape index (κ2) is 8.11. The zero-order chi connectivity index (χ0) is 20.4. The van der Waals surface area contributed by atoms with Crippen LogP contribution >= 0.6 is 0 Å². The number of carbonyl (C=O) groups excluding carboxylic acids is 2. The normalized spacial score (nSPS) is 13.8. The quantitative estimate of drug-likeness (QED) is 0.670. The average Bonchev–Trinajstić information content (AvgIpc) is 3.36. The predicted molar refractivity (Wildman–Crippen MR) is 116 cm³/mol. The van der Waals surface area contributed by atoms with E-state index in [1.807, 2.05) is 54.3 Å². The van der Waals surface area contributed by atoms with Gasteiger partial charge in [-0.2, -0.15) is 0 Å². The van der Waals surface area contributed by atoms with Gasteiger partial charge < -0.3 is 15.2 Å². The minimum absolute atomic E-state index is 0.131. The average molecular weight is 389 g/mol. The van der Waals surface area contributed by atoms with Gasteiger partial charge in [-0.3, -0.25) is 9.59 Å². The highest BCUT2D eigenvalue weighted by Crippen LogP contribution is 2.25. The molecule has 5 nitrogen and oxygen atoms in total. The Morgan fingerprint density at radius 3 is 2.48 bits per heavy atom. The highest BCUT2D eigenvalue weighted by molar-refractivity contribution is 6.12. The lowest BCUT2D eigenvalue weighted by atomic mass is 10.1. The van der Waals surface area contributed by atoms with Crippen LogP contribution in [0.15, 0.2) is 42.5 Å². The monoisotopic (exact) mass is 389 g/mol. The molecule has 0 unspecified atom stereocenters. The maximum Gasteiger partial charge on any atom is 0.257 e. The Hall–Kier alpha value is -3.08. The van der Waals surface area contributed by atoms with E-state index in [-0.39, 0.29) is 11.8 Å². The largest absolute Gasteiger partial charge is 0.358 e. The number of anilines is 1. The lowest BCUT2D eigenvalue weighted by molar-refractivity contribution is -0.130. The number of hydrogen-bond acceptors (Lipinski definition) is 2. The number of carbonyl (C=O) groups is 2. The summed E-state index contributed by atoms with van der Waals surface area (Å²) >= 11 is 0. The van der Waals surface area contributed by atoms with Crippen molar-refractivity contribution < 1.29 is 9.59 Å². The summed E-state index contributed by atoms with van der Waals surface area (Å²) in [4.78, 5) is 30.3. The maximum atomic E-state index is 12.8. The maximum absolute atomic E-state index is 12.8. The first kappa shape index (κ1) is 19.2. The number of hydrogen-bond donors (Lipinski definition) is 2. The first-order valence-corrected chi connectivity index (χ1v) is 10.3. The fourth-order valence-corrected chi connectivity index (χ4v) is 4.00. The predicted octanol–water partition coefficient (Wildman–Crippen LogP) is 4.59. The summed E-state index contributed by atoms with van der Waals surface area (Å²) in [5.41, 5.74) is 5.61. The smallest absolute Gasteiger partial charge is 0.257 e. The molecular formula is C24H27N3O2. The van der Waals surface area contributed by atoms with Crippen molar-refractivity contribution in [3.8, 4) is 0 Å². The van der Waals surface area contributed by atoms with Gasteiger partial charge in [-0.25, -0.2) is 0 Å². The molecule has 5 heteroatoms. The molecule has 1 aliphatic heterocycles. The van der Waals surface area contributed by atoms with Crippen LogP contribution in [0, 0.1) is 13.8 Å². The van der Waals surface area contributed by atoms with Crippen LogP contribution in [0.1, 0.15) is 46.4 Å². The number of aromatic nitrogens is 1. The molecule has 29 heavy (non-hydrogen) atoms. The van der Waals surface area contributed by atoms with Crippen LogP contribution in [-0.4, -0.2) is 34.8 Å². The fourth-order valence-electron chi connectivity index (χ4n) is 4.00. The van der Waals surface area contributed by atoms with Crippen molar-refractivity contribution in [3.63, 3.8) is 0 Å². The summed E-state index contributed by atoms with van der Waals surface area (Å²) < 4.78 is 0. The Kier molecular flexibility index (Phi) is 5.38. The molecule has 2 heterocycles. The molecule has 150 valence electrons. The standard InChI is InChI=1S/C24H27N3O2/c1-16-17(2)25-23-20(16)6-5-7-21(23)24(29)26-19-11-8-18(9-12-19)10-13-22(28)27-14-3-4-15-27/h5-9,11-12,25H,3-4,10,13-15H2,1-2H3,(H,26,29). The summed E-state index contributed by atoms with van der Waals surface area (Å²) in [5, 5.41) is 4.06. The molecule has 0 atom stereocenters. The molecule has 4 rings (SSSR count). The number of likely N-dealkylation sites (tertiary alicyclic amines) is 1. The van der Waals surface area contributed by atoms with Crippen LogP contribution in [0.25, 0.3) is 10.9 Å². The van der Waals surface area contributed by atoms with Gasteiger partial charge in [-0.05, 0) is 62.4 Å². The van der Waals surface area contributed by atoms with Crippen molar-refractivity contribution >= 4 is 28.4 Å². The summed E-state index contributed by atoms with van der Waals surface area (Å²) in [6.45, 7) is 5.88. The topological polar surface area (TPSA) is 65.2 Å². The SMILES string of the molecule is Cc1[nH]c2c(C(=O)Nc3ccc(CCC(=O)N4CCCC4)cc3)cccc2c1C. The molecular weight excluding hydrogens is 362 g/mol. The van der Waals surface area contributed by atoms with Crippen LogP contribution in [0.2, 0.25) is 0 Å². The van der Waals surface area contributed by atoms with Crippen LogP contribution in [0.5, 0.6) is 0 Å². The van der Waals surface area contributed by atoms with Gasteiger partial charge in [0.05, 0.1) is 11.1 Å². The number of nitrogens with zero attached hydrogens (tertiary/aromatic N) is 1. The first-order chi connectivity index (χ1) is 14.0. The van der Waals surface area contributed by atoms with Crippen molar-refractivity contribution in [2.75, 3.05) is 18.4 Å². The lowest BCUT2D eigenvalue weighted by Gasteiger charge is -2.15. The van der Waals surface area contributed by atoms with E-state index in [4.69, 9.17) is 0 Å². The molecule has 3 aromatic rings. The summed E-state index contributed by atoms with van der Waals surface area (Å²) in [6.07, 6.45) is 3.51. The number of aromatic amines is 1. The third-order valence-corrected chi connectivity index (χ3v) is 5.89. The molecule has 0 aliphatic carbocycles. The molecule has 0 spiro atoms.